The van der Waals surface area contributed by atoms with Gasteiger partial charge < -0.3 is 89.9 Å². The lowest BCUT2D eigenvalue weighted by Crippen LogP contribution is -2.66. The van der Waals surface area contributed by atoms with Crippen molar-refractivity contribution in [1.82, 2.24) is 5.32 Å². The first-order valence-electron chi connectivity index (χ1n) is 34.2. The normalized spacial score (nSPS) is 29.0. The highest BCUT2D eigenvalue weighted by Gasteiger charge is 2.53. The molecule has 0 radical (unpaired) electrons. The highest BCUT2D eigenvalue weighted by molar-refractivity contribution is 5.76. The third-order valence-corrected chi connectivity index (χ3v) is 17.2. The van der Waals surface area contributed by atoms with Gasteiger partial charge in [0.05, 0.1) is 38.6 Å². The fourth-order valence-corrected chi connectivity index (χ4v) is 11.6. The van der Waals surface area contributed by atoms with Gasteiger partial charge in [-0.05, 0) is 57.8 Å². The number of hydrogen-bond acceptors (Lipinski definition) is 18. The summed E-state index contributed by atoms with van der Waals surface area (Å²) >= 11 is 0. The molecule has 3 saturated heterocycles. The first-order chi connectivity index (χ1) is 41.8. The highest BCUT2D eigenvalue weighted by Crippen LogP contribution is 2.33. The van der Waals surface area contributed by atoms with Gasteiger partial charge in [-0.25, -0.2) is 0 Å². The van der Waals surface area contributed by atoms with Crippen LogP contribution in [0.25, 0.3) is 0 Å². The van der Waals surface area contributed by atoms with Crippen LogP contribution in [0.15, 0.2) is 36.5 Å². The summed E-state index contributed by atoms with van der Waals surface area (Å²) < 4.78 is 34.2. The molecule has 12 N–H and O–H groups in total. The summed E-state index contributed by atoms with van der Waals surface area (Å²) in [6.45, 7) is 1.67. The molecule has 3 rings (SSSR count). The van der Waals surface area contributed by atoms with E-state index in [2.05, 4.69) is 43.5 Å². The Bertz CT molecular complexity index is 1710. The van der Waals surface area contributed by atoms with E-state index >= 15 is 0 Å². The molecule has 0 saturated carbocycles. The molecule has 0 aromatic heterocycles. The largest absolute Gasteiger partial charge is 0.394 e. The fraction of sp³-hybridized carbons (Fsp3) is 0.896. The molecular formula is C67H123NO18. The summed E-state index contributed by atoms with van der Waals surface area (Å²) in [4.78, 5) is 13.3. The lowest BCUT2D eigenvalue weighted by Gasteiger charge is -2.48. The molecule has 0 aliphatic carbocycles. The van der Waals surface area contributed by atoms with Crippen molar-refractivity contribution in [1.29, 1.82) is 0 Å². The van der Waals surface area contributed by atoms with E-state index in [1.807, 2.05) is 6.08 Å². The van der Waals surface area contributed by atoms with Crippen LogP contribution < -0.4 is 5.32 Å². The molecule has 3 aliphatic heterocycles. The second-order valence-corrected chi connectivity index (χ2v) is 24.6. The van der Waals surface area contributed by atoms with Crippen LogP contribution in [0.2, 0.25) is 0 Å². The van der Waals surface area contributed by atoms with Crippen LogP contribution in [0.5, 0.6) is 0 Å². The van der Waals surface area contributed by atoms with E-state index in [0.717, 1.165) is 38.5 Å². The molecule has 17 atom stereocenters. The molecule has 0 aromatic carbocycles. The van der Waals surface area contributed by atoms with Crippen molar-refractivity contribution in [2.45, 2.75) is 356 Å². The van der Waals surface area contributed by atoms with Gasteiger partial charge in [0.2, 0.25) is 5.91 Å². The Morgan fingerprint density at radius 2 is 0.744 bits per heavy atom. The lowest BCUT2D eigenvalue weighted by atomic mass is 9.96. The second kappa shape index (κ2) is 49.7. The minimum Gasteiger partial charge on any atom is -0.394 e. The van der Waals surface area contributed by atoms with Crippen molar-refractivity contribution in [3.8, 4) is 0 Å². The number of aliphatic hydroxyl groups excluding tert-OH is 11. The molecule has 3 heterocycles. The van der Waals surface area contributed by atoms with Crippen molar-refractivity contribution >= 4 is 5.91 Å². The van der Waals surface area contributed by atoms with Crippen LogP contribution in [0.1, 0.15) is 251 Å². The summed E-state index contributed by atoms with van der Waals surface area (Å²) in [6.07, 6.45) is 30.3. The standard InChI is InChI=1S/C67H123NO18/c1-3-5-7-9-11-13-15-16-17-18-19-20-21-22-23-24-25-26-27-28-29-30-31-32-33-34-35-37-39-41-43-45-55(73)68-50(51(72)44-42-40-38-36-14-12-10-8-6-4-2)49-81-65-61(79)58(76)63(53(47-70)83-65)86-67-62(80)59(77)64(54(48-71)84-67)85-66-60(78)57(75)56(74)52(46-69)82-66/h14,18-19,36,42,44,50-54,56-67,69-72,74-80H,3-13,15-17,20-35,37-41,43,45-49H2,1-2H3,(H,68,73)/b19-18-,36-14+,44-42+. The molecule has 0 aromatic rings. The first-order valence-corrected chi connectivity index (χ1v) is 34.2. The summed E-state index contributed by atoms with van der Waals surface area (Å²) in [7, 11) is 0. The lowest BCUT2D eigenvalue weighted by molar-refractivity contribution is -0.379. The number of aliphatic hydroxyl groups is 11. The van der Waals surface area contributed by atoms with Gasteiger partial charge >= 0.3 is 0 Å². The second-order valence-electron chi connectivity index (χ2n) is 24.6. The Hall–Kier alpha value is -1.99. The topological polar surface area (TPSA) is 307 Å². The van der Waals surface area contributed by atoms with E-state index in [1.54, 1.807) is 6.08 Å². The zero-order valence-electron chi connectivity index (χ0n) is 53.0. The number of carbonyl (C=O) groups is 1. The smallest absolute Gasteiger partial charge is 0.220 e. The van der Waals surface area contributed by atoms with E-state index in [4.69, 9.17) is 28.4 Å². The van der Waals surface area contributed by atoms with E-state index in [1.165, 1.54) is 180 Å². The fourth-order valence-electron chi connectivity index (χ4n) is 11.6. The Balaban J connectivity index is 1.35. The van der Waals surface area contributed by atoms with E-state index in [-0.39, 0.29) is 18.9 Å². The van der Waals surface area contributed by atoms with Gasteiger partial charge in [0.1, 0.15) is 73.2 Å². The minimum atomic E-state index is -1.98. The van der Waals surface area contributed by atoms with Crippen LogP contribution in [0.3, 0.4) is 0 Å². The average Bonchev–Trinajstić information content (AvgIpc) is 2.05. The summed E-state index contributed by atoms with van der Waals surface area (Å²) in [5.74, 6) is -0.285. The number of nitrogens with one attached hydrogen (secondary N) is 1. The molecule has 3 fully saturated rings. The molecule has 1 amide bonds. The van der Waals surface area contributed by atoms with Gasteiger partial charge in [-0.1, -0.05) is 224 Å². The molecule has 19 heteroatoms. The zero-order chi connectivity index (χ0) is 62.6. The predicted molar refractivity (Wildman–Crippen MR) is 333 cm³/mol. The van der Waals surface area contributed by atoms with Gasteiger partial charge in [-0.3, -0.25) is 4.79 Å². The monoisotopic (exact) mass is 1230 g/mol. The zero-order valence-corrected chi connectivity index (χ0v) is 53.0. The number of ether oxygens (including phenoxy) is 6. The maximum Gasteiger partial charge on any atom is 0.220 e. The van der Waals surface area contributed by atoms with Crippen molar-refractivity contribution in [2.24, 2.45) is 0 Å². The predicted octanol–water partition coefficient (Wildman–Crippen LogP) is 8.44. The van der Waals surface area contributed by atoms with E-state index in [0.29, 0.717) is 12.8 Å². The van der Waals surface area contributed by atoms with Gasteiger partial charge in [0.15, 0.2) is 18.9 Å². The Kier molecular flexibility index (Phi) is 45.2. The molecule has 504 valence electrons. The SMILES string of the molecule is CCCCCC/C=C/CC/C=C/C(O)C(COC1OC(CO)C(OC2OC(CO)C(OC3OC(CO)C(O)C(O)C3O)C(O)C2O)C(O)C1O)NC(=O)CCCCCCCCCCCCCCCCCCCCC/C=C\CCCCCCCCCC. The van der Waals surface area contributed by atoms with Gasteiger partial charge in [-0.15, -0.1) is 0 Å². The summed E-state index contributed by atoms with van der Waals surface area (Å²) in [5.41, 5.74) is 0. The van der Waals surface area contributed by atoms with Crippen LogP contribution in [-0.2, 0) is 33.2 Å². The third kappa shape index (κ3) is 31.8. The summed E-state index contributed by atoms with van der Waals surface area (Å²) in [6, 6.07) is -0.986. The van der Waals surface area contributed by atoms with Crippen molar-refractivity contribution in [3.63, 3.8) is 0 Å². The average molecular weight is 1230 g/mol. The number of allylic oxidation sites excluding steroid dienone is 5. The van der Waals surface area contributed by atoms with Gasteiger partial charge in [0, 0.05) is 6.42 Å². The molecule has 17 unspecified atom stereocenters. The van der Waals surface area contributed by atoms with Crippen molar-refractivity contribution in [2.75, 3.05) is 26.4 Å². The Morgan fingerprint density at radius 1 is 0.407 bits per heavy atom. The molecule has 0 spiro atoms. The van der Waals surface area contributed by atoms with E-state index in [9.17, 15) is 61.0 Å². The minimum absolute atomic E-state index is 0.238. The van der Waals surface area contributed by atoms with Crippen LogP contribution >= 0.6 is 0 Å². The number of hydrogen-bond donors (Lipinski definition) is 12. The van der Waals surface area contributed by atoms with Crippen LogP contribution in [0, 0.1) is 0 Å². The van der Waals surface area contributed by atoms with Crippen molar-refractivity contribution in [3.05, 3.63) is 36.5 Å². The molecule has 86 heavy (non-hydrogen) atoms. The number of carbonyl (C=O) groups excluding carboxylic acids is 1. The number of amides is 1. The quantitative estimate of drug-likeness (QED) is 0.0201. The maximum atomic E-state index is 13.3. The van der Waals surface area contributed by atoms with Gasteiger partial charge in [0.25, 0.3) is 0 Å². The van der Waals surface area contributed by atoms with E-state index < -0.39 is 124 Å². The Morgan fingerprint density at radius 3 is 1.17 bits per heavy atom. The molecule has 0 bridgehead atoms. The van der Waals surface area contributed by atoms with Gasteiger partial charge in [-0.2, -0.15) is 0 Å². The highest BCUT2D eigenvalue weighted by atomic mass is 16.8. The Labute approximate surface area is 517 Å². The molecule has 19 nitrogen and oxygen atoms in total. The first kappa shape index (κ1) is 78.3. The molecular weight excluding hydrogens is 1110 g/mol. The number of unbranched alkanes of at least 4 members (excludes halogenated alkanes) is 32. The van der Waals surface area contributed by atoms with Crippen LogP contribution in [0.4, 0.5) is 0 Å². The third-order valence-electron chi connectivity index (χ3n) is 17.2. The van der Waals surface area contributed by atoms with Crippen molar-refractivity contribution < 1.29 is 89.4 Å². The summed E-state index contributed by atoms with van der Waals surface area (Å²) in [5, 5.41) is 120. The molecule has 3 aliphatic rings. The number of rotatable bonds is 52. The maximum absolute atomic E-state index is 13.3. The van der Waals surface area contributed by atoms with Crippen LogP contribution in [-0.4, -0.2) is 193 Å².